The highest BCUT2D eigenvalue weighted by molar-refractivity contribution is 5.96. The molecule has 2 aromatic rings. The lowest BCUT2D eigenvalue weighted by Gasteiger charge is -2.38. The number of hydrogen-bond acceptors (Lipinski definition) is 3. The molecule has 0 atom stereocenters. The first-order chi connectivity index (χ1) is 12.0. The summed E-state index contributed by atoms with van der Waals surface area (Å²) >= 11 is 0. The van der Waals surface area contributed by atoms with Gasteiger partial charge in [-0.15, -0.1) is 0 Å². The molecule has 1 aliphatic rings. The number of rotatable bonds is 5. The highest BCUT2D eigenvalue weighted by atomic mass is 19.2. The molecule has 1 N–H and O–H groups in total. The Balaban J connectivity index is 1.44. The number of benzene rings is 1. The zero-order valence-electron chi connectivity index (χ0n) is 13.4. The molecule has 1 aliphatic heterocycles. The summed E-state index contributed by atoms with van der Waals surface area (Å²) in [5, 5.41) is 2.84. The van der Waals surface area contributed by atoms with E-state index in [1.54, 1.807) is 12.4 Å². The summed E-state index contributed by atoms with van der Waals surface area (Å²) in [7, 11) is 0. The molecule has 0 unspecified atom stereocenters. The fraction of sp³-hybridized carbons (Fsp3) is 0.278. The Bertz CT molecular complexity index is 777. The standard InChI is InChI=1S/C18H17F2N3O2/c19-15-2-1-13(9-16(15)20)18(25)23-10-14(11-23)17(24)22-8-5-12-3-6-21-7-4-12/h1-4,6-7,9,14H,5,8,10-11H2,(H,22,24). The fourth-order valence-corrected chi connectivity index (χ4v) is 2.65. The van der Waals surface area contributed by atoms with Crippen molar-refractivity contribution in [2.24, 2.45) is 5.92 Å². The second kappa shape index (κ2) is 7.38. The molecule has 1 aromatic heterocycles. The second-order valence-corrected chi connectivity index (χ2v) is 5.93. The summed E-state index contributed by atoms with van der Waals surface area (Å²) in [4.78, 5) is 29.6. The third-order valence-electron chi connectivity index (χ3n) is 4.17. The van der Waals surface area contributed by atoms with Gasteiger partial charge in [0.15, 0.2) is 11.6 Å². The largest absolute Gasteiger partial charge is 0.355 e. The van der Waals surface area contributed by atoms with Crippen molar-refractivity contribution in [2.75, 3.05) is 19.6 Å². The van der Waals surface area contributed by atoms with Crippen molar-refractivity contribution in [1.82, 2.24) is 15.2 Å². The summed E-state index contributed by atoms with van der Waals surface area (Å²) < 4.78 is 26.1. The Morgan fingerprint density at radius 3 is 2.52 bits per heavy atom. The van der Waals surface area contributed by atoms with Crippen molar-refractivity contribution in [3.63, 3.8) is 0 Å². The molecule has 25 heavy (non-hydrogen) atoms. The number of hydrogen-bond donors (Lipinski definition) is 1. The van der Waals surface area contributed by atoms with Crippen LogP contribution in [0.25, 0.3) is 0 Å². The summed E-state index contributed by atoms with van der Waals surface area (Å²) in [5.74, 6) is -2.83. The molecule has 0 aliphatic carbocycles. The van der Waals surface area contributed by atoms with Crippen LogP contribution >= 0.6 is 0 Å². The Labute approximate surface area is 143 Å². The van der Waals surface area contributed by atoms with Crippen LogP contribution in [0.2, 0.25) is 0 Å². The van der Waals surface area contributed by atoms with E-state index >= 15 is 0 Å². The molecule has 2 amide bonds. The van der Waals surface area contributed by atoms with Crippen LogP contribution in [-0.2, 0) is 11.2 Å². The first-order valence-electron chi connectivity index (χ1n) is 7.95. The fourth-order valence-electron chi connectivity index (χ4n) is 2.65. The maximum Gasteiger partial charge on any atom is 0.254 e. The van der Waals surface area contributed by atoms with E-state index in [9.17, 15) is 18.4 Å². The lowest BCUT2D eigenvalue weighted by molar-refractivity contribution is -0.128. The minimum atomic E-state index is -1.06. The van der Waals surface area contributed by atoms with E-state index in [4.69, 9.17) is 0 Å². The van der Waals surface area contributed by atoms with Gasteiger partial charge in [0.25, 0.3) is 5.91 Å². The van der Waals surface area contributed by atoms with Gasteiger partial charge in [0.2, 0.25) is 5.91 Å². The molecule has 5 nitrogen and oxygen atoms in total. The Kier molecular flexibility index (Phi) is 5.02. The van der Waals surface area contributed by atoms with Crippen LogP contribution in [0.5, 0.6) is 0 Å². The van der Waals surface area contributed by atoms with Gasteiger partial charge in [-0.2, -0.15) is 0 Å². The second-order valence-electron chi connectivity index (χ2n) is 5.93. The van der Waals surface area contributed by atoms with Gasteiger partial charge in [-0.3, -0.25) is 14.6 Å². The van der Waals surface area contributed by atoms with Crippen LogP contribution in [0.15, 0.2) is 42.7 Å². The molecule has 2 heterocycles. The topological polar surface area (TPSA) is 62.3 Å². The molecule has 1 aromatic carbocycles. The van der Waals surface area contributed by atoms with E-state index in [2.05, 4.69) is 10.3 Å². The summed E-state index contributed by atoms with van der Waals surface area (Å²) in [5.41, 5.74) is 1.16. The molecule has 3 rings (SSSR count). The van der Waals surface area contributed by atoms with Crippen LogP contribution < -0.4 is 5.32 Å². The van der Waals surface area contributed by atoms with Gasteiger partial charge in [0.05, 0.1) is 5.92 Å². The third kappa shape index (κ3) is 3.99. The third-order valence-corrected chi connectivity index (χ3v) is 4.17. The summed E-state index contributed by atoms with van der Waals surface area (Å²) in [6.45, 7) is 1.06. The lowest BCUT2D eigenvalue weighted by Crippen LogP contribution is -2.55. The van der Waals surface area contributed by atoms with Gasteiger partial charge in [-0.05, 0) is 42.3 Å². The molecule has 0 spiro atoms. The van der Waals surface area contributed by atoms with Crippen LogP contribution in [-0.4, -0.2) is 41.3 Å². The zero-order valence-corrected chi connectivity index (χ0v) is 13.4. The van der Waals surface area contributed by atoms with Crippen molar-refractivity contribution in [1.29, 1.82) is 0 Å². The van der Waals surface area contributed by atoms with E-state index in [1.807, 2.05) is 12.1 Å². The van der Waals surface area contributed by atoms with Gasteiger partial charge in [-0.1, -0.05) is 0 Å². The Morgan fingerprint density at radius 2 is 1.84 bits per heavy atom. The smallest absolute Gasteiger partial charge is 0.254 e. The average molecular weight is 345 g/mol. The first kappa shape index (κ1) is 17.0. The number of nitrogens with one attached hydrogen (secondary N) is 1. The van der Waals surface area contributed by atoms with E-state index in [0.717, 1.165) is 17.7 Å². The summed E-state index contributed by atoms with van der Waals surface area (Å²) in [6.07, 6.45) is 4.11. The number of carbonyl (C=O) groups excluding carboxylic acids is 2. The monoisotopic (exact) mass is 345 g/mol. The predicted octanol–water partition coefficient (Wildman–Crippen LogP) is 1.79. The van der Waals surface area contributed by atoms with E-state index in [-0.39, 0.29) is 30.5 Å². The highest BCUT2D eigenvalue weighted by Gasteiger charge is 2.36. The van der Waals surface area contributed by atoms with Crippen molar-refractivity contribution in [3.8, 4) is 0 Å². The zero-order chi connectivity index (χ0) is 17.8. The molecule has 0 saturated carbocycles. The minimum absolute atomic E-state index is 0.0791. The number of nitrogens with zero attached hydrogens (tertiary/aromatic N) is 2. The van der Waals surface area contributed by atoms with E-state index in [0.29, 0.717) is 13.0 Å². The summed E-state index contributed by atoms with van der Waals surface area (Å²) in [6, 6.07) is 6.81. The van der Waals surface area contributed by atoms with E-state index in [1.165, 1.54) is 11.0 Å². The molecule has 1 saturated heterocycles. The van der Waals surface area contributed by atoms with Crippen LogP contribution in [0.3, 0.4) is 0 Å². The maximum atomic E-state index is 13.2. The number of likely N-dealkylation sites (tertiary alicyclic amines) is 1. The van der Waals surface area contributed by atoms with Gasteiger partial charge < -0.3 is 10.2 Å². The van der Waals surface area contributed by atoms with Crippen LogP contribution in [0, 0.1) is 17.6 Å². The molecule has 0 radical (unpaired) electrons. The van der Waals surface area contributed by atoms with Gasteiger partial charge >= 0.3 is 0 Å². The number of carbonyl (C=O) groups is 2. The highest BCUT2D eigenvalue weighted by Crippen LogP contribution is 2.20. The molecular weight excluding hydrogens is 328 g/mol. The average Bonchev–Trinajstić information content (AvgIpc) is 2.57. The van der Waals surface area contributed by atoms with Crippen molar-refractivity contribution in [3.05, 3.63) is 65.5 Å². The van der Waals surface area contributed by atoms with Gasteiger partial charge in [0.1, 0.15) is 0 Å². The van der Waals surface area contributed by atoms with Crippen molar-refractivity contribution < 1.29 is 18.4 Å². The van der Waals surface area contributed by atoms with Crippen LogP contribution in [0.1, 0.15) is 15.9 Å². The Morgan fingerprint density at radius 1 is 1.12 bits per heavy atom. The predicted molar refractivity (Wildman–Crippen MR) is 86.7 cm³/mol. The van der Waals surface area contributed by atoms with Gasteiger partial charge in [0, 0.05) is 37.6 Å². The number of halogens is 2. The SMILES string of the molecule is O=C(NCCc1ccncc1)C1CN(C(=O)c2ccc(F)c(F)c2)C1. The molecular formula is C18H17F2N3O2. The molecule has 1 fully saturated rings. The number of amides is 2. The minimum Gasteiger partial charge on any atom is -0.355 e. The normalized spacial score (nSPS) is 14.1. The quantitative estimate of drug-likeness (QED) is 0.899. The first-order valence-corrected chi connectivity index (χ1v) is 7.95. The molecule has 130 valence electrons. The van der Waals surface area contributed by atoms with Crippen molar-refractivity contribution in [2.45, 2.75) is 6.42 Å². The maximum absolute atomic E-state index is 13.2. The molecule has 7 heteroatoms. The number of aromatic nitrogens is 1. The van der Waals surface area contributed by atoms with Crippen LogP contribution in [0.4, 0.5) is 8.78 Å². The Hall–Kier alpha value is -2.83. The molecule has 0 bridgehead atoms. The lowest BCUT2D eigenvalue weighted by atomic mass is 9.97. The van der Waals surface area contributed by atoms with Gasteiger partial charge in [-0.25, -0.2) is 8.78 Å². The number of pyridine rings is 1. The van der Waals surface area contributed by atoms with E-state index < -0.39 is 17.5 Å². The van der Waals surface area contributed by atoms with Crippen molar-refractivity contribution >= 4 is 11.8 Å².